The molecule has 2 atom stereocenters. The summed E-state index contributed by atoms with van der Waals surface area (Å²) in [6.07, 6.45) is 3.76. The van der Waals surface area contributed by atoms with Crippen molar-refractivity contribution in [3.8, 4) is 0 Å². The maximum atomic E-state index is 6.38. The average molecular weight is 313 g/mol. The van der Waals surface area contributed by atoms with Gasteiger partial charge in [-0.15, -0.1) is 0 Å². The molecule has 1 aromatic heterocycles. The fourth-order valence-corrected chi connectivity index (χ4v) is 4.91. The first-order valence-electron chi connectivity index (χ1n) is 6.72. The second kappa shape index (κ2) is 5.51. The van der Waals surface area contributed by atoms with Crippen LogP contribution in [0.15, 0.2) is 18.2 Å². The Balaban J connectivity index is 2.14. The fraction of sp³-hybridized carbons (Fsp3) is 0.500. The Morgan fingerprint density at radius 2 is 2.32 bits per heavy atom. The Kier molecular flexibility index (Phi) is 3.92. The molecule has 1 aliphatic carbocycles. The lowest BCUT2D eigenvalue weighted by molar-refractivity contribution is 0.536. The first-order chi connectivity index (χ1) is 9.22. The van der Waals surface area contributed by atoms with Crippen molar-refractivity contribution in [2.75, 3.05) is 5.75 Å². The minimum atomic E-state index is 0.478. The monoisotopic (exact) mass is 312 g/mol. The standard InChI is InChI=1S/C14H17ClN2S2/c1-2-19-12-8-4-7-11(12)17-13-9(15)5-3-6-10(13)16-14(17)18/h3,5-6,11-12H,2,4,7-8H2,1H3,(H,16,18). The van der Waals surface area contributed by atoms with Crippen LogP contribution in [0.5, 0.6) is 0 Å². The maximum Gasteiger partial charge on any atom is 0.178 e. The number of benzene rings is 1. The van der Waals surface area contributed by atoms with Crippen LogP contribution in [-0.2, 0) is 0 Å². The van der Waals surface area contributed by atoms with Crippen molar-refractivity contribution in [1.29, 1.82) is 0 Å². The number of aromatic amines is 1. The number of hydrogen-bond acceptors (Lipinski definition) is 2. The van der Waals surface area contributed by atoms with Gasteiger partial charge >= 0.3 is 0 Å². The number of thioether (sulfide) groups is 1. The molecule has 0 bridgehead atoms. The molecule has 5 heteroatoms. The molecule has 1 fully saturated rings. The molecular formula is C14H17ClN2S2. The highest BCUT2D eigenvalue weighted by molar-refractivity contribution is 7.99. The van der Waals surface area contributed by atoms with Gasteiger partial charge in [0.1, 0.15) is 0 Å². The van der Waals surface area contributed by atoms with Crippen LogP contribution in [0.4, 0.5) is 0 Å². The Morgan fingerprint density at radius 3 is 3.11 bits per heavy atom. The first-order valence-corrected chi connectivity index (χ1v) is 8.56. The summed E-state index contributed by atoms with van der Waals surface area (Å²) in [6.45, 7) is 2.22. The summed E-state index contributed by atoms with van der Waals surface area (Å²) in [6, 6.07) is 6.43. The number of aromatic nitrogens is 2. The number of imidazole rings is 1. The number of hydrogen-bond donors (Lipinski definition) is 1. The normalized spacial score (nSPS) is 23.3. The van der Waals surface area contributed by atoms with Crippen LogP contribution in [0.1, 0.15) is 32.2 Å². The van der Waals surface area contributed by atoms with Crippen LogP contribution in [-0.4, -0.2) is 20.6 Å². The van der Waals surface area contributed by atoms with Gasteiger partial charge in [0.15, 0.2) is 4.77 Å². The van der Waals surface area contributed by atoms with E-state index in [2.05, 4.69) is 16.5 Å². The van der Waals surface area contributed by atoms with E-state index >= 15 is 0 Å². The lowest BCUT2D eigenvalue weighted by Gasteiger charge is -2.21. The molecule has 102 valence electrons. The molecule has 0 amide bonds. The molecule has 19 heavy (non-hydrogen) atoms. The summed E-state index contributed by atoms with van der Waals surface area (Å²) in [4.78, 5) is 3.29. The molecule has 0 spiro atoms. The number of nitrogens with one attached hydrogen (secondary N) is 1. The van der Waals surface area contributed by atoms with Crippen molar-refractivity contribution in [3.05, 3.63) is 28.0 Å². The smallest absolute Gasteiger partial charge is 0.178 e. The van der Waals surface area contributed by atoms with E-state index < -0.39 is 0 Å². The van der Waals surface area contributed by atoms with Crippen molar-refractivity contribution in [1.82, 2.24) is 9.55 Å². The Labute approximate surface area is 127 Å². The number of halogens is 1. The van der Waals surface area contributed by atoms with Gasteiger partial charge in [0, 0.05) is 11.3 Å². The molecule has 2 unspecified atom stereocenters. The fourth-order valence-electron chi connectivity index (χ4n) is 3.06. The Bertz CT molecular complexity index is 646. The van der Waals surface area contributed by atoms with Crippen LogP contribution < -0.4 is 0 Å². The van der Waals surface area contributed by atoms with Gasteiger partial charge in [-0.1, -0.05) is 31.0 Å². The second-order valence-corrected chi connectivity index (χ2v) is 7.24. The van der Waals surface area contributed by atoms with Crippen molar-refractivity contribution < 1.29 is 0 Å². The number of nitrogens with zero attached hydrogens (tertiary/aromatic N) is 1. The second-order valence-electron chi connectivity index (χ2n) is 4.93. The van der Waals surface area contributed by atoms with Crippen LogP contribution in [0, 0.1) is 4.77 Å². The van der Waals surface area contributed by atoms with Gasteiger partial charge in [-0.2, -0.15) is 11.8 Å². The van der Waals surface area contributed by atoms with E-state index in [1.165, 1.54) is 19.3 Å². The summed E-state index contributed by atoms with van der Waals surface area (Å²) >= 11 is 14.0. The lowest BCUT2D eigenvalue weighted by atomic mass is 10.2. The molecule has 1 saturated carbocycles. The highest BCUT2D eigenvalue weighted by Gasteiger charge is 2.30. The summed E-state index contributed by atoms with van der Waals surface area (Å²) in [5.74, 6) is 1.16. The minimum Gasteiger partial charge on any atom is -0.331 e. The van der Waals surface area contributed by atoms with E-state index in [0.717, 1.165) is 26.6 Å². The number of H-pyrrole nitrogens is 1. The Morgan fingerprint density at radius 1 is 1.47 bits per heavy atom. The molecule has 2 nitrogen and oxygen atoms in total. The molecule has 0 radical (unpaired) electrons. The third kappa shape index (κ3) is 2.34. The maximum absolute atomic E-state index is 6.38. The van der Waals surface area contributed by atoms with E-state index in [0.29, 0.717) is 11.3 Å². The number of para-hydroxylation sites is 1. The third-order valence-electron chi connectivity index (χ3n) is 3.82. The number of rotatable bonds is 3. The molecule has 1 aromatic carbocycles. The van der Waals surface area contributed by atoms with Gasteiger partial charge in [-0.05, 0) is 42.9 Å². The molecule has 0 saturated heterocycles. The molecule has 1 N–H and O–H groups in total. The van der Waals surface area contributed by atoms with Crippen molar-refractivity contribution >= 4 is 46.6 Å². The highest BCUT2D eigenvalue weighted by Crippen LogP contribution is 2.41. The lowest BCUT2D eigenvalue weighted by Crippen LogP contribution is -2.16. The van der Waals surface area contributed by atoms with Gasteiger partial charge in [-0.3, -0.25) is 0 Å². The highest BCUT2D eigenvalue weighted by atomic mass is 35.5. The molecule has 1 aliphatic rings. The van der Waals surface area contributed by atoms with Crippen LogP contribution in [0.25, 0.3) is 11.0 Å². The van der Waals surface area contributed by atoms with E-state index in [1.54, 1.807) is 0 Å². The van der Waals surface area contributed by atoms with Crippen LogP contribution >= 0.6 is 35.6 Å². The van der Waals surface area contributed by atoms with Crippen molar-refractivity contribution in [3.63, 3.8) is 0 Å². The average Bonchev–Trinajstić information content (AvgIpc) is 2.94. The summed E-state index contributed by atoms with van der Waals surface area (Å²) in [7, 11) is 0. The van der Waals surface area contributed by atoms with Crippen molar-refractivity contribution in [2.24, 2.45) is 0 Å². The van der Waals surface area contributed by atoms with Gasteiger partial charge in [0.25, 0.3) is 0 Å². The summed E-state index contributed by atoms with van der Waals surface area (Å²) in [5, 5.41) is 1.45. The predicted octanol–water partition coefficient (Wildman–Crippen LogP) is 5.20. The molecule has 2 aromatic rings. The molecule has 0 aliphatic heterocycles. The first kappa shape index (κ1) is 13.5. The third-order valence-corrected chi connectivity index (χ3v) is 5.73. The van der Waals surface area contributed by atoms with E-state index in [-0.39, 0.29) is 0 Å². The zero-order valence-electron chi connectivity index (χ0n) is 10.9. The molecule has 3 rings (SSSR count). The van der Waals surface area contributed by atoms with Crippen molar-refractivity contribution in [2.45, 2.75) is 37.5 Å². The zero-order chi connectivity index (χ0) is 13.4. The SMILES string of the molecule is CCSC1CCCC1n1c(=S)[nH]c2cccc(Cl)c21. The van der Waals surface area contributed by atoms with E-state index in [1.807, 2.05) is 30.0 Å². The van der Waals surface area contributed by atoms with Crippen LogP contribution in [0.3, 0.4) is 0 Å². The number of fused-ring (bicyclic) bond motifs is 1. The van der Waals surface area contributed by atoms with Gasteiger partial charge in [0.05, 0.1) is 16.1 Å². The van der Waals surface area contributed by atoms with E-state index in [4.69, 9.17) is 23.8 Å². The molecular weight excluding hydrogens is 296 g/mol. The Hall–Kier alpha value is -0.450. The quantitative estimate of drug-likeness (QED) is 0.786. The van der Waals surface area contributed by atoms with Gasteiger partial charge in [-0.25, -0.2) is 0 Å². The molecule has 1 heterocycles. The van der Waals surface area contributed by atoms with Crippen LogP contribution in [0.2, 0.25) is 5.02 Å². The van der Waals surface area contributed by atoms with E-state index in [9.17, 15) is 0 Å². The predicted molar refractivity (Wildman–Crippen MR) is 86.9 cm³/mol. The minimum absolute atomic E-state index is 0.478. The zero-order valence-corrected chi connectivity index (χ0v) is 13.2. The summed E-state index contributed by atoms with van der Waals surface area (Å²) < 4.78 is 3.06. The topological polar surface area (TPSA) is 20.7 Å². The summed E-state index contributed by atoms with van der Waals surface area (Å²) in [5.41, 5.74) is 2.12. The van der Waals surface area contributed by atoms with Gasteiger partial charge < -0.3 is 9.55 Å². The largest absolute Gasteiger partial charge is 0.331 e. The van der Waals surface area contributed by atoms with Gasteiger partial charge in [0.2, 0.25) is 0 Å².